The molecular weight excluding hydrogens is 483 g/mol. The second-order valence-electron chi connectivity index (χ2n) is 7.92. The van der Waals surface area contributed by atoms with E-state index in [4.69, 9.17) is 5.11 Å². The summed E-state index contributed by atoms with van der Waals surface area (Å²) in [6.45, 7) is 2.15. The molecule has 0 saturated carbocycles. The third-order valence-corrected chi connectivity index (χ3v) is 5.55. The van der Waals surface area contributed by atoms with Crippen LogP contribution in [-0.2, 0) is 12.6 Å². The summed E-state index contributed by atoms with van der Waals surface area (Å²) in [4.78, 5) is 31.9. The Morgan fingerprint density at radius 1 is 1.23 bits per heavy atom. The molecule has 0 aliphatic carbocycles. The highest BCUT2D eigenvalue weighted by Crippen LogP contribution is 2.33. The van der Waals surface area contributed by atoms with Gasteiger partial charge in [0.15, 0.2) is 5.78 Å². The Hall–Kier alpha value is -3.38. The second kappa shape index (κ2) is 10.5. The lowest BCUT2D eigenvalue weighted by atomic mass is 10.0. The van der Waals surface area contributed by atoms with Crippen LogP contribution < -0.4 is 10.2 Å². The van der Waals surface area contributed by atoms with E-state index in [0.717, 1.165) is 12.1 Å². The van der Waals surface area contributed by atoms with Crippen molar-refractivity contribution in [2.45, 2.75) is 25.6 Å². The molecule has 35 heavy (non-hydrogen) atoms. The first kappa shape index (κ1) is 26.2. The molecule has 1 aliphatic rings. The van der Waals surface area contributed by atoms with E-state index in [1.54, 1.807) is 16.8 Å². The summed E-state index contributed by atoms with van der Waals surface area (Å²) in [6.07, 6.45) is -1.60. The van der Waals surface area contributed by atoms with E-state index in [1.165, 1.54) is 29.4 Å². The van der Waals surface area contributed by atoms with Crippen molar-refractivity contribution in [1.82, 2.24) is 14.8 Å². The Labute approximate surface area is 206 Å². The maximum atomic E-state index is 13.3. The van der Waals surface area contributed by atoms with Crippen LogP contribution in [0.5, 0.6) is 0 Å². The lowest BCUT2D eigenvalue weighted by Crippen LogP contribution is -2.43. The number of ketones is 1. The van der Waals surface area contributed by atoms with Crippen molar-refractivity contribution >= 4 is 36.7 Å². The van der Waals surface area contributed by atoms with Crippen LogP contribution in [0.1, 0.15) is 44.9 Å². The summed E-state index contributed by atoms with van der Waals surface area (Å²) in [5, 5.41) is 16.2. The number of anilines is 2. The van der Waals surface area contributed by atoms with Crippen LogP contribution in [0.2, 0.25) is 0 Å². The molecule has 0 unspecified atom stereocenters. The van der Waals surface area contributed by atoms with Gasteiger partial charge in [0.1, 0.15) is 11.5 Å². The highest BCUT2D eigenvalue weighted by molar-refractivity contribution is 7.59. The average molecular weight is 508 g/mol. The summed E-state index contributed by atoms with van der Waals surface area (Å²) in [5.74, 6) is -0.409. The van der Waals surface area contributed by atoms with Gasteiger partial charge >= 0.3 is 6.18 Å². The maximum absolute atomic E-state index is 13.3. The van der Waals surface area contributed by atoms with Crippen molar-refractivity contribution < 1.29 is 27.9 Å². The smallest absolute Gasteiger partial charge is 0.395 e. The van der Waals surface area contributed by atoms with Crippen molar-refractivity contribution in [3.63, 3.8) is 0 Å². The van der Waals surface area contributed by atoms with Crippen LogP contribution in [0.15, 0.2) is 48.8 Å². The van der Waals surface area contributed by atoms with Crippen LogP contribution in [0.25, 0.3) is 0 Å². The molecule has 0 saturated heterocycles. The molecule has 0 fully saturated rings. The van der Waals surface area contributed by atoms with Gasteiger partial charge in [-0.05, 0) is 43.3 Å². The number of aromatic nitrogens is 3. The summed E-state index contributed by atoms with van der Waals surface area (Å²) in [7, 11) is 0. The van der Waals surface area contributed by atoms with E-state index in [2.05, 4.69) is 15.4 Å². The SMILES string of the molecule is C[C@H]1CN(c2ccc(C(F)(F)F)cc2)C(=O)c2c(CC(=O)c3cccnc3NCCO)cnn21.S. The number of halogens is 3. The molecule has 2 N–H and O–H groups in total. The minimum atomic E-state index is -4.47. The first-order chi connectivity index (χ1) is 16.2. The maximum Gasteiger partial charge on any atom is 0.416 e. The third-order valence-electron chi connectivity index (χ3n) is 5.55. The largest absolute Gasteiger partial charge is 0.416 e. The summed E-state index contributed by atoms with van der Waals surface area (Å²) in [5.41, 5.74) is 0.479. The Balaban J connectivity index is 0.00000342. The molecule has 1 amide bonds. The van der Waals surface area contributed by atoms with Crippen molar-refractivity contribution in [3.8, 4) is 0 Å². The number of benzene rings is 1. The zero-order chi connectivity index (χ0) is 24.5. The van der Waals surface area contributed by atoms with Crippen molar-refractivity contribution in [3.05, 3.63) is 71.2 Å². The molecule has 4 rings (SSSR count). The number of pyridine rings is 1. The molecular formula is C23H24F3N5O3S. The molecule has 8 nitrogen and oxygen atoms in total. The Morgan fingerprint density at radius 2 is 1.94 bits per heavy atom. The average Bonchev–Trinajstić information content (AvgIpc) is 3.24. The van der Waals surface area contributed by atoms with Crippen LogP contribution in [0, 0.1) is 0 Å². The number of carbonyl (C=O) groups excluding carboxylic acids is 2. The van der Waals surface area contributed by atoms with Crippen LogP contribution in [0.4, 0.5) is 24.7 Å². The van der Waals surface area contributed by atoms with E-state index in [9.17, 15) is 22.8 Å². The number of hydrogen-bond acceptors (Lipinski definition) is 6. The van der Waals surface area contributed by atoms with Gasteiger partial charge in [-0.25, -0.2) is 4.98 Å². The number of alkyl halides is 3. The van der Waals surface area contributed by atoms with E-state index >= 15 is 0 Å². The normalized spacial score (nSPS) is 15.4. The van der Waals surface area contributed by atoms with Gasteiger partial charge in [0.05, 0.1) is 30.0 Å². The molecule has 1 aromatic carbocycles. The fourth-order valence-electron chi connectivity index (χ4n) is 3.92. The number of hydrogen-bond donors (Lipinski definition) is 2. The molecule has 2 aromatic heterocycles. The number of carbonyl (C=O) groups is 2. The fourth-order valence-corrected chi connectivity index (χ4v) is 3.92. The minimum Gasteiger partial charge on any atom is -0.395 e. The zero-order valence-corrected chi connectivity index (χ0v) is 19.7. The lowest BCUT2D eigenvalue weighted by Gasteiger charge is -2.32. The number of nitrogens with one attached hydrogen (secondary N) is 1. The standard InChI is InChI=1S/C23H22F3N5O3.H2S/c1-14-13-30(17-6-4-16(5-7-17)23(24,25)26)22(34)20-15(12-29-31(14)20)11-19(33)18-3-2-8-27-21(18)28-9-10-32;/h2-8,12,14,32H,9-11,13H2,1H3,(H,27,28);1H2/t14-;/m0./s1. The predicted octanol–water partition coefficient (Wildman–Crippen LogP) is 3.46. The number of aliphatic hydroxyl groups excluding tert-OH is 1. The van der Waals surface area contributed by atoms with Crippen molar-refractivity contribution in [1.29, 1.82) is 0 Å². The first-order valence-electron chi connectivity index (χ1n) is 10.6. The van der Waals surface area contributed by atoms with Crippen molar-refractivity contribution in [2.24, 2.45) is 0 Å². The van der Waals surface area contributed by atoms with E-state index in [0.29, 0.717) is 22.6 Å². The lowest BCUT2D eigenvalue weighted by molar-refractivity contribution is -0.137. The molecule has 1 aliphatic heterocycles. The fraction of sp³-hybridized carbons (Fsp3) is 0.304. The Bertz CT molecular complexity index is 1210. The molecule has 12 heteroatoms. The molecule has 0 spiro atoms. The van der Waals surface area contributed by atoms with Gasteiger partial charge in [-0.2, -0.15) is 31.8 Å². The van der Waals surface area contributed by atoms with Gasteiger partial charge in [-0.1, -0.05) is 0 Å². The predicted molar refractivity (Wildman–Crippen MR) is 128 cm³/mol. The number of fused-ring (bicyclic) bond motifs is 1. The summed E-state index contributed by atoms with van der Waals surface area (Å²) >= 11 is 0. The van der Waals surface area contributed by atoms with Gasteiger partial charge in [-0.15, -0.1) is 0 Å². The number of nitrogens with zero attached hydrogens (tertiary/aromatic N) is 4. The van der Waals surface area contributed by atoms with Crippen molar-refractivity contribution in [2.75, 3.05) is 29.9 Å². The molecule has 3 aromatic rings. The number of aliphatic hydroxyl groups is 1. The molecule has 186 valence electrons. The van der Waals surface area contributed by atoms with Gasteiger partial charge in [-0.3, -0.25) is 14.3 Å². The first-order valence-corrected chi connectivity index (χ1v) is 10.6. The molecule has 1 atom stereocenters. The highest BCUT2D eigenvalue weighted by atomic mass is 32.1. The molecule has 0 bridgehead atoms. The van der Waals surface area contributed by atoms with Crippen LogP contribution >= 0.6 is 13.5 Å². The van der Waals surface area contributed by atoms with E-state index in [1.807, 2.05) is 6.92 Å². The highest BCUT2D eigenvalue weighted by Gasteiger charge is 2.35. The van der Waals surface area contributed by atoms with Gasteiger partial charge in [0.25, 0.3) is 5.91 Å². The molecule has 3 heterocycles. The monoisotopic (exact) mass is 507 g/mol. The quantitative estimate of drug-likeness (QED) is 0.475. The van der Waals surface area contributed by atoms with Gasteiger partial charge in [0.2, 0.25) is 0 Å². The zero-order valence-electron chi connectivity index (χ0n) is 18.7. The third kappa shape index (κ3) is 5.33. The number of Topliss-reactive ketones (excluding diaryl/α,β-unsaturated/α-hetero) is 1. The Kier molecular flexibility index (Phi) is 7.86. The summed E-state index contributed by atoms with van der Waals surface area (Å²) in [6, 6.07) is 7.37. The summed E-state index contributed by atoms with van der Waals surface area (Å²) < 4.78 is 40.3. The van der Waals surface area contributed by atoms with Gasteiger partial charge in [0, 0.05) is 37.0 Å². The molecule has 0 radical (unpaired) electrons. The number of rotatable bonds is 7. The Morgan fingerprint density at radius 3 is 2.60 bits per heavy atom. The van der Waals surface area contributed by atoms with E-state index < -0.39 is 17.6 Å². The topological polar surface area (TPSA) is 100 Å². The minimum absolute atomic E-state index is 0. The van der Waals surface area contributed by atoms with Gasteiger partial charge < -0.3 is 15.3 Å². The number of amides is 1. The van der Waals surface area contributed by atoms with Crippen LogP contribution in [0.3, 0.4) is 0 Å². The van der Waals surface area contributed by atoms with Crippen LogP contribution in [-0.4, -0.2) is 51.3 Å². The second-order valence-corrected chi connectivity index (χ2v) is 7.92. The van der Waals surface area contributed by atoms with E-state index in [-0.39, 0.29) is 57.1 Å².